The van der Waals surface area contributed by atoms with Crippen molar-refractivity contribution in [2.75, 3.05) is 0 Å². The van der Waals surface area contributed by atoms with Gasteiger partial charge in [-0.1, -0.05) is 6.92 Å². The fourth-order valence-corrected chi connectivity index (χ4v) is 1.93. The van der Waals surface area contributed by atoms with Crippen molar-refractivity contribution in [2.24, 2.45) is 0 Å². The minimum atomic E-state index is -5.65. The van der Waals surface area contributed by atoms with E-state index in [1.807, 2.05) is 0 Å². The Morgan fingerprint density at radius 1 is 1.08 bits per heavy atom. The van der Waals surface area contributed by atoms with Crippen LogP contribution in [0.2, 0.25) is 6.04 Å². The van der Waals surface area contributed by atoms with E-state index in [0.29, 0.717) is 0 Å². The molecular weight excluding hydrogens is 242 g/mol. The topological polar surface area (TPSA) is 0 Å². The summed E-state index contributed by atoms with van der Waals surface area (Å²) in [6.07, 6.45) is -5.65. The van der Waals surface area contributed by atoms with Crippen LogP contribution in [0.1, 0.15) is 6.92 Å². The van der Waals surface area contributed by atoms with E-state index in [0.717, 1.165) is 6.92 Å². The van der Waals surface area contributed by atoms with Crippen LogP contribution >= 0.6 is 22.2 Å². The molecule has 8 heteroatoms. The molecule has 0 fully saturated rings. The van der Waals surface area contributed by atoms with Crippen LogP contribution in [0.5, 0.6) is 0 Å². The van der Waals surface area contributed by atoms with E-state index < -0.39 is 24.5 Å². The molecule has 0 radical (unpaired) electrons. The van der Waals surface area contributed by atoms with Gasteiger partial charge in [0.25, 0.3) is 0 Å². The van der Waals surface area contributed by atoms with E-state index >= 15 is 0 Å². The van der Waals surface area contributed by atoms with Crippen LogP contribution in [0.3, 0.4) is 0 Å². The van der Waals surface area contributed by atoms with Crippen LogP contribution in [0.4, 0.5) is 22.0 Å². The summed E-state index contributed by atoms with van der Waals surface area (Å²) in [7, 11) is 0. The third-order valence-corrected chi connectivity index (χ3v) is 6.38. The Morgan fingerprint density at radius 2 is 1.42 bits per heavy atom. The predicted molar refractivity (Wildman–Crippen MR) is 38.9 cm³/mol. The molecule has 0 aromatic carbocycles. The average molecular weight is 247 g/mol. The van der Waals surface area contributed by atoms with Crippen molar-refractivity contribution in [3.05, 3.63) is 0 Å². The van der Waals surface area contributed by atoms with Gasteiger partial charge in [-0.25, -0.2) is 0 Å². The third kappa shape index (κ3) is 2.03. The van der Waals surface area contributed by atoms with Crippen molar-refractivity contribution >= 4 is 28.9 Å². The molecule has 0 rings (SSSR count). The first-order chi connectivity index (χ1) is 5.06. The zero-order chi connectivity index (χ0) is 10.2. The standard InChI is InChI=1S/C4H5Cl2F5Si/c1-2-12(5,6)4(10,11)3(7,8)9/h2H2,1H3. The summed E-state index contributed by atoms with van der Waals surface area (Å²) in [5.41, 5.74) is -4.95. The van der Waals surface area contributed by atoms with Crippen LogP contribution in [-0.4, -0.2) is 18.4 Å². The molecule has 0 aromatic heterocycles. The van der Waals surface area contributed by atoms with Crippen molar-refractivity contribution in [2.45, 2.75) is 24.7 Å². The molecule has 0 amide bonds. The molecule has 0 N–H and O–H groups in total. The summed E-state index contributed by atoms with van der Waals surface area (Å²) >= 11 is 9.86. The van der Waals surface area contributed by atoms with E-state index in [-0.39, 0.29) is 0 Å². The molecule has 12 heavy (non-hydrogen) atoms. The monoisotopic (exact) mass is 246 g/mol. The molecule has 0 aliphatic heterocycles. The van der Waals surface area contributed by atoms with Gasteiger partial charge in [0, 0.05) is 0 Å². The van der Waals surface area contributed by atoms with Gasteiger partial charge in [-0.05, 0) is 6.04 Å². The van der Waals surface area contributed by atoms with Crippen molar-refractivity contribution < 1.29 is 22.0 Å². The van der Waals surface area contributed by atoms with Gasteiger partial charge in [-0.2, -0.15) is 22.0 Å². The highest BCUT2D eigenvalue weighted by atomic mass is 35.7. The lowest BCUT2D eigenvalue weighted by atomic mass is 10.7. The zero-order valence-electron chi connectivity index (χ0n) is 5.85. The van der Waals surface area contributed by atoms with Crippen molar-refractivity contribution in [1.29, 1.82) is 0 Å². The normalized spacial score (nSPS) is 15.0. The van der Waals surface area contributed by atoms with Gasteiger partial charge < -0.3 is 0 Å². The van der Waals surface area contributed by atoms with Gasteiger partial charge in [0.15, 0.2) is 0 Å². The first kappa shape index (κ1) is 12.4. The number of alkyl halides is 5. The number of hydrogen-bond donors (Lipinski definition) is 0. The second kappa shape index (κ2) is 3.30. The van der Waals surface area contributed by atoms with Crippen LogP contribution in [-0.2, 0) is 0 Å². The molecule has 0 aliphatic carbocycles. The Balaban J connectivity index is 4.85. The number of rotatable bonds is 2. The molecule has 0 bridgehead atoms. The third-order valence-electron chi connectivity index (χ3n) is 1.26. The summed E-state index contributed by atoms with van der Waals surface area (Å²) in [4.78, 5) is 0. The molecule has 0 atom stereocenters. The smallest absolute Gasteiger partial charge is 0.198 e. The van der Waals surface area contributed by atoms with Crippen LogP contribution in [0, 0.1) is 0 Å². The fourth-order valence-electron chi connectivity index (χ4n) is 0.429. The summed E-state index contributed by atoms with van der Waals surface area (Å²) in [5.74, 6) is 0. The Kier molecular flexibility index (Phi) is 3.43. The second-order valence-electron chi connectivity index (χ2n) is 2.13. The first-order valence-corrected chi connectivity index (χ1v) is 7.11. The zero-order valence-corrected chi connectivity index (χ0v) is 8.36. The largest absolute Gasteiger partial charge is 0.451 e. The maximum absolute atomic E-state index is 12.4. The molecule has 0 aromatic rings. The second-order valence-corrected chi connectivity index (χ2v) is 9.33. The SMILES string of the molecule is CC[Si](Cl)(Cl)C(F)(F)C(F)(F)F. The minimum absolute atomic E-state index is 0.553. The molecule has 0 unspecified atom stereocenters. The summed E-state index contributed by atoms with van der Waals surface area (Å²) in [5, 5.41) is 0. The Hall–Kier alpha value is 0.447. The predicted octanol–water partition coefficient (Wildman–Crippen LogP) is 3.66. The summed E-state index contributed by atoms with van der Waals surface area (Å²) < 4.78 is 59.7. The number of hydrogen-bond acceptors (Lipinski definition) is 0. The Morgan fingerprint density at radius 3 is 1.50 bits per heavy atom. The van der Waals surface area contributed by atoms with Crippen molar-refractivity contribution in [3.8, 4) is 0 Å². The van der Waals surface area contributed by atoms with Gasteiger partial charge in [0.05, 0.1) is 0 Å². The van der Waals surface area contributed by atoms with Gasteiger partial charge in [-0.3, -0.25) is 0 Å². The quantitative estimate of drug-likeness (QED) is 0.397. The van der Waals surface area contributed by atoms with E-state index in [9.17, 15) is 22.0 Å². The van der Waals surface area contributed by atoms with Gasteiger partial charge in [-0.15, -0.1) is 22.2 Å². The van der Waals surface area contributed by atoms with Crippen molar-refractivity contribution in [3.63, 3.8) is 0 Å². The molecule has 0 aliphatic rings. The molecule has 0 heterocycles. The Labute approximate surface area is 76.1 Å². The van der Waals surface area contributed by atoms with Crippen LogP contribution in [0.15, 0.2) is 0 Å². The van der Waals surface area contributed by atoms with Crippen molar-refractivity contribution in [1.82, 2.24) is 0 Å². The van der Waals surface area contributed by atoms with E-state index in [4.69, 9.17) is 22.2 Å². The lowest BCUT2D eigenvalue weighted by molar-refractivity contribution is -0.245. The molecule has 0 spiro atoms. The molecule has 0 saturated heterocycles. The highest BCUT2D eigenvalue weighted by Crippen LogP contribution is 2.47. The molecule has 0 saturated carbocycles. The summed E-state index contributed by atoms with van der Waals surface area (Å²) in [6.45, 7) is -3.45. The van der Waals surface area contributed by atoms with Gasteiger partial charge >= 0.3 is 18.4 Å². The average Bonchev–Trinajstić information content (AvgIpc) is 1.85. The highest BCUT2D eigenvalue weighted by Gasteiger charge is 2.70. The molecule has 0 nitrogen and oxygen atoms in total. The van der Waals surface area contributed by atoms with Gasteiger partial charge in [0.2, 0.25) is 0 Å². The lowest BCUT2D eigenvalue weighted by Gasteiger charge is -2.27. The highest BCUT2D eigenvalue weighted by molar-refractivity contribution is 7.46. The van der Waals surface area contributed by atoms with E-state index in [1.165, 1.54) is 0 Å². The van der Waals surface area contributed by atoms with Crippen LogP contribution in [0.25, 0.3) is 0 Å². The maximum atomic E-state index is 12.4. The lowest BCUT2D eigenvalue weighted by Crippen LogP contribution is -2.54. The minimum Gasteiger partial charge on any atom is -0.198 e. The molecule has 74 valence electrons. The number of halogens is 7. The fraction of sp³-hybridized carbons (Fsp3) is 1.00. The van der Waals surface area contributed by atoms with Gasteiger partial charge in [0.1, 0.15) is 0 Å². The molecular formula is C4H5Cl2F5Si. The van der Waals surface area contributed by atoms with E-state index in [1.54, 1.807) is 0 Å². The van der Waals surface area contributed by atoms with E-state index in [2.05, 4.69) is 0 Å². The first-order valence-electron chi connectivity index (χ1n) is 2.88. The maximum Gasteiger partial charge on any atom is 0.451 e. The Bertz CT molecular complexity index is 165. The van der Waals surface area contributed by atoms with Crippen LogP contribution < -0.4 is 0 Å². The summed E-state index contributed by atoms with van der Waals surface area (Å²) in [6, 6.07) is -0.553.